The highest BCUT2D eigenvalue weighted by atomic mass is 32.2. The Morgan fingerprint density at radius 3 is 2.64 bits per heavy atom. The van der Waals surface area contributed by atoms with Gasteiger partial charge in [0.25, 0.3) is 5.56 Å². The summed E-state index contributed by atoms with van der Waals surface area (Å²) in [6.45, 7) is 5.91. The average molecular weight is 416 g/mol. The maximum absolute atomic E-state index is 13.2. The van der Waals surface area contributed by atoms with E-state index in [-0.39, 0.29) is 16.6 Å². The number of nitrogens with zero attached hydrogens (tertiary/aromatic N) is 4. The molecule has 0 aliphatic carbocycles. The van der Waals surface area contributed by atoms with Crippen LogP contribution in [0.3, 0.4) is 0 Å². The molecule has 9 heteroatoms. The van der Waals surface area contributed by atoms with Crippen molar-refractivity contribution in [2.75, 3.05) is 0 Å². The van der Waals surface area contributed by atoms with Crippen molar-refractivity contribution in [3.05, 3.63) is 56.7 Å². The maximum atomic E-state index is 13.2. The van der Waals surface area contributed by atoms with Crippen LogP contribution in [0.2, 0.25) is 0 Å². The highest BCUT2D eigenvalue weighted by Gasteiger charge is 2.19. The molecule has 3 heterocycles. The van der Waals surface area contributed by atoms with Crippen molar-refractivity contribution in [1.82, 2.24) is 24.7 Å². The fraction of sp³-hybridized carbons (Fsp3) is 0.263. The average Bonchev–Trinajstić information content (AvgIpc) is 3.16. The van der Waals surface area contributed by atoms with Gasteiger partial charge in [-0.3, -0.25) is 4.79 Å². The van der Waals surface area contributed by atoms with Gasteiger partial charge in [-0.15, -0.1) is 21.5 Å². The molecule has 0 aliphatic heterocycles. The number of rotatable bonds is 4. The van der Waals surface area contributed by atoms with Crippen LogP contribution in [0.25, 0.3) is 21.6 Å². The molecule has 4 aromatic rings. The summed E-state index contributed by atoms with van der Waals surface area (Å²) in [6, 6.07) is 6.14. The smallest absolute Gasteiger partial charge is 0.259 e. The molecule has 0 aliphatic rings. The Balaban J connectivity index is 1.64. The predicted molar refractivity (Wildman–Crippen MR) is 110 cm³/mol. The molecule has 28 heavy (non-hydrogen) atoms. The Hall–Kier alpha value is -2.52. The van der Waals surface area contributed by atoms with Gasteiger partial charge in [0.05, 0.1) is 10.6 Å². The van der Waals surface area contributed by atoms with Crippen molar-refractivity contribution >= 4 is 33.3 Å². The molecule has 1 N–H and O–H groups in total. The molecule has 0 unspecified atom stereocenters. The lowest BCUT2D eigenvalue weighted by Crippen LogP contribution is -2.12. The number of aryl methyl sites for hydroxylation is 2. The van der Waals surface area contributed by atoms with Crippen molar-refractivity contribution < 1.29 is 4.39 Å². The summed E-state index contributed by atoms with van der Waals surface area (Å²) in [5.74, 6) is 0.963. The van der Waals surface area contributed by atoms with Gasteiger partial charge < -0.3 is 9.55 Å². The number of benzene rings is 1. The highest BCUT2D eigenvalue weighted by molar-refractivity contribution is 7.99. The first-order valence-electron chi connectivity index (χ1n) is 8.67. The van der Waals surface area contributed by atoms with E-state index < -0.39 is 0 Å². The van der Waals surface area contributed by atoms with Crippen molar-refractivity contribution in [2.45, 2.75) is 31.2 Å². The monoisotopic (exact) mass is 415 g/mol. The first-order chi connectivity index (χ1) is 13.3. The lowest BCUT2D eigenvalue weighted by molar-refractivity contribution is 0.628. The number of hydrogen-bond donors (Lipinski definition) is 1. The molecule has 3 aromatic heterocycles. The number of hydrogen-bond acceptors (Lipinski definition) is 6. The minimum Gasteiger partial charge on any atom is -0.309 e. The Morgan fingerprint density at radius 1 is 1.21 bits per heavy atom. The molecule has 144 valence electrons. The van der Waals surface area contributed by atoms with Gasteiger partial charge in [-0.05, 0) is 50.6 Å². The van der Waals surface area contributed by atoms with Crippen LogP contribution in [0.4, 0.5) is 4.39 Å². The molecular formula is C19H18FN5OS2. The summed E-state index contributed by atoms with van der Waals surface area (Å²) in [5.41, 5.74) is 1.66. The van der Waals surface area contributed by atoms with Gasteiger partial charge in [-0.25, -0.2) is 9.37 Å². The van der Waals surface area contributed by atoms with E-state index in [9.17, 15) is 9.18 Å². The van der Waals surface area contributed by atoms with Crippen LogP contribution in [-0.4, -0.2) is 24.7 Å². The van der Waals surface area contributed by atoms with Gasteiger partial charge >= 0.3 is 0 Å². The van der Waals surface area contributed by atoms with Gasteiger partial charge in [0.1, 0.15) is 16.5 Å². The summed E-state index contributed by atoms with van der Waals surface area (Å²) in [6.07, 6.45) is 0. The van der Waals surface area contributed by atoms with E-state index in [1.807, 2.05) is 32.4 Å². The van der Waals surface area contributed by atoms with E-state index in [0.717, 1.165) is 20.8 Å². The van der Waals surface area contributed by atoms with Crippen LogP contribution in [0, 0.1) is 19.7 Å². The fourth-order valence-corrected chi connectivity index (χ4v) is 4.85. The normalized spacial score (nSPS) is 12.6. The molecule has 0 amide bonds. The molecule has 1 aromatic carbocycles. The second-order valence-electron chi connectivity index (χ2n) is 6.55. The quantitative estimate of drug-likeness (QED) is 0.500. The predicted octanol–water partition coefficient (Wildman–Crippen LogP) is 4.39. The molecule has 0 saturated heterocycles. The van der Waals surface area contributed by atoms with E-state index in [1.54, 1.807) is 12.1 Å². The van der Waals surface area contributed by atoms with Gasteiger partial charge in [-0.1, -0.05) is 11.8 Å². The Bertz CT molecular complexity index is 1230. The number of thioether (sulfide) groups is 1. The Morgan fingerprint density at radius 2 is 1.93 bits per heavy atom. The highest BCUT2D eigenvalue weighted by Crippen LogP contribution is 2.34. The molecule has 0 saturated carbocycles. The van der Waals surface area contributed by atoms with Crippen molar-refractivity contribution in [1.29, 1.82) is 0 Å². The van der Waals surface area contributed by atoms with Gasteiger partial charge in [0.15, 0.2) is 11.0 Å². The summed E-state index contributed by atoms with van der Waals surface area (Å²) < 4.78 is 15.0. The second kappa shape index (κ2) is 7.14. The zero-order valence-corrected chi connectivity index (χ0v) is 17.4. The number of aromatic nitrogens is 5. The molecule has 0 spiro atoms. The summed E-state index contributed by atoms with van der Waals surface area (Å²) in [4.78, 5) is 21.9. The van der Waals surface area contributed by atoms with E-state index in [1.165, 1.54) is 35.2 Å². The zero-order valence-electron chi connectivity index (χ0n) is 15.8. The van der Waals surface area contributed by atoms with E-state index in [4.69, 9.17) is 0 Å². The van der Waals surface area contributed by atoms with Crippen LogP contribution < -0.4 is 5.56 Å². The fourth-order valence-electron chi connectivity index (χ4n) is 2.95. The number of fused-ring (bicyclic) bond motifs is 1. The SMILES string of the molecule is Cc1sc2nc([C@@H](C)Sc3nnc(-c4ccc(F)cc4)n3C)[nH]c(=O)c2c1C. The van der Waals surface area contributed by atoms with Crippen molar-refractivity contribution in [3.63, 3.8) is 0 Å². The van der Waals surface area contributed by atoms with Crippen LogP contribution in [0.5, 0.6) is 0 Å². The minimum absolute atomic E-state index is 0.112. The number of H-pyrrole nitrogens is 1. The molecule has 0 radical (unpaired) electrons. The van der Waals surface area contributed by atoms with Gasteiger partial charge in [0.2, 0.25) is 0 Å². The zero-order chi connectivity index (χ0) is 20.0. The van der Waals surface area contributed by atoms with Crippen LogP contribution >= 0.6 is 23.1 Å². The second-order valence-corrected chi connectivity index (χ2v) is 9.06. The number of thiophene rings is 1. The molecule has 1 atom stereocenters. The van der Waals surface area contributed by atoms with Crippen LogP contribution in [0.1, 0.15) is 28.4 Å². The Kier molecular flexibility index (Phi) is 4.80. The third-order valence-corrected chi connectivity index (χ3v) is 6.91. The van der Waals surface area contributed by atoms with Gasteiger partial charge in [0, 0.05) is 17.5 Å². The third-order valence-electron chi connectivity index (χ3n) is 4.66. The lowest BCUT2D eigenvalue weighted by Gasteiger charge is -2.10. The summed E-state index contributed by atoms with van der Waals surface area (Å²) in [5, 5.41) is 9.71. The summed E-state index contributed by atoms with van der Waals surface area (Å²) >= 11 is 2.99. The van der Waals surface area contributed by atoms with E-state index in [2.05, 4.69) is 20.2 Å². The van der Waals surface area contributed by atoms with Crippen molar-refractivity contribution in [3.8, 4) is 11.4 Å². The number of aromatic amines is 1. The summed E-state index contributed by atoms with van der Waals surface area (Å²) in [7, 11) is 1.86. The first-order valence-corrected chi connectivity index (χ1v) is 10.4. The first kappa shape index (κ1) is 18.8. The lowest BCUT2D eigenvalue weighted by atomic mass is 10.2. The molecule has 0 fully saturated rings. The Labute approximate surface area is 168 Å². The standard InChI is InChI=1S/C19H18FN5OS2/c1-9-10(2)27-18-14(9)17(26)21-15(22-18)11(3)28-19-24-23-16(25(19)4)12-5-7-13(20)8-6-12/h5-8,11H,1-4H3,(H,21,22,26)/t11-/m1/s1. The van der Waals surface area contributed by atoms with E-state index in [0.29, 0.717) is 22.2 Å². The molecular weight excluding hydrogens is 397 g/mol. The van der Waals surface area contributed by atoms with Crippen LogP contribution in [0.15, 0.2) is 34.2 Å². The molecule has 0 bridgehead atoms. The topological polar surface area (TPSA) is 76.5 Å². The minimum atomic E-state index is -0.293. The van der Waals surface area contributed by atoms with Crippen LogP contribution in [-0.2, 0) is 7.05 Å². The molecule has 6 nitrogen and oxygen atoms in total. The maximum Gasteiger partial charge on any atom is 0.259 e. The van der Waals surface area contributed by atoms with Crippen molar-refractivity contribution in [2.24, 2.45) is 7.05 Å². The number of halogens is 1. The third kappa shape index (κ3) is 3.24. The van der Waals surface area contributed by atoms with Gasteiger partial charge in [-0.2, -0.15) is 0 Å². The molecule has 4 rings (SSSR count). The van der Waals surface area contributed by atoms with E-state index >= 15 is 0 Å². The number of nitrogens with one attached hydrogen (secondary N) is 1. The largest absolute Gasteiger partial charge is 0.309 e.